The highest BCUT2D eigenvalue weighted by Crippen LogP contribution is 2.57. The van der Waals surface area contributed by atoms with Crippen molar-refractivity contribution in [3.8, 4) is 0 Å². The van der Waals surface area contributed by atoms with Crippen molar-refractivity contribution in [2.75, 3.05) is 13.7 Å². The minimum absolute atomic E-state index is 0.0920. The van der Waals surface area contributed by atoms with Gasteiger partial charge in [0.1, 0.15) is 5.60 Å². The maximum Gasteiger partial charge on any atom is 0.338 e. The van der Waals surface area contributed by atoms with Crippen molar-refractivity contribution < 1.29 is 38.1 Å². The molecule has 0 amide bonds. The van der Waals surface area contributed by atoms with E-state index in [0.717, 1.165) is 0 Å². The molecule has 8 heteroatoms. The first-order valence-corrected chi connectivity index (χ1v) is 8.64. The fourth-order valence-electron chi connectivity index (χ4n) is 3.46. The van der Waals surface area contributed by atoms with Crippen LogP contribution in [0.1, 0.15) is 30.6 Å². The lowest BCUT2D eigenvalue weighted by Gasteiger charge is -2.23. The van der Waals surface area contributed by atoms with Crippen molar-refractivity contribution in [3.63, 3.8) is 0 Å². The van der Waals surface area contributed by atoms with Crippen molar-refractivity contribution in [1.82, 2.24) is 0 Å². The minimum Gasteiger partial charge on any atom is -0.462 e. The van der Waals surface area contributed by atoms with Gasteiger partial charge in [0.15, 0.2) is 18.5 Å². The molecule has 1 aliphatic heterocycles. The summed E-state index contributed by atoms with van der Waals surface area (Å²) in [6.45, 7) is 2.62. The summed E-state index contributed by atoms with van der Waals surface area (Å²) in [6, 6.07) is 8.63. The van der Waals surface area contributed by atoms with E-state index in [4.69, 9.17) is 23.7 Å². The fourth-order valence-corrected chi connectivity index (χ4v) is 3.46. The first-order chi connectivity index (χ1) is 12.9. The molecule has 1 spiro atoms. The summed E-state index contributed by atoms with van der Waals surface area (Å²) in [5, 5.41) is 0. The standard InChI is InChI=1S/C19H22O8/c1-11(20)25-15-16(26-12(2)21)19(27-18(15)23-3)9-14(19)10-24-17(22)13-7-5-4-6-8-13/h4-8,14-16,18H,9-10H2,1-3H3/t14-,15?,16?,18+,19+/m0/s1. The molecular weight excluding hydrogens is 356 g/mol. The van der Waals surface area contributed by atoms with Crippen LogP contribution >= 0.6 is 0 Å². The van der Waals surface area contributed by atoms with Crippen LogP contribution in [0.5, 0.6) is 0 Å². The van der Waals surface area contributed by atoms with Gasteiger partial charge in [-0.1, -0.05) is 18.2 Å². The third-order valence-corrected chi connectivity index (χ3v) is 4.73. The molecule has 2 aliphatic rings. The Morgan fingerprint density at radius 2 is 1.78 bits per heavy atom. The predicted octanol–water partition coefficient (Wildman–Crippen LogP) is 1.47. The number of hydrogen-bond donors (Lipinski definition) is 0. The highest BCUT2D eigenvalue weighted by molar-refractivity contribution is 5.89. The number of carbonyl (C=O) groups is 3. The summed E-state index contributed by atoms with van der Waals surface area (Å²) in [5.41, 5.74) is -0.452. The molecule has 0 N–H and O–H groups in total. The van der Waals surface area contributed by atoms with Crippen LogP contribution in [0.15, 0.2) is 30.3 Å². The zero-order valence-electron chi connectivity index (χ0n) is 15.4. The quantitative estimate of drug-likeness (QED) is 0.542. The minimum atomic E-state index is -0.899. The van der Waals surface area contributed by atoms with Gasteiger partial charge < -0.3 is 23.7 Å². The molecule has 0 bridgehead atoms. The summed E-state index contributed by atoms with van der Waals surface area (Å²) in [7, 11) is 1.41. The molecule has 8 nitrogen and oxygen atoms in total. The lowest BCUT2D eigenvalue weighted by atomic mass is 10.1. The second-order valence-electron chi connectivity index (χ2n) is 6.65. The first-order valence-electron chi connectivity index (χ1n) is 8.64. The highest BCUT2D eigenvalue weighted by atomic mass is 16.7. The van der Waals surface area contributed by atoms with E-state index in [-0.39, 0.29) is 12.5 Å². The summed E-state index contributed by atoms with van der Waals surface area (Å²) in [5.74, 6) is -1.71. The van der Waals surface area contributed by atoms with E-state index >= 15 is 0 Å². The molecule has 1 aromatic rings. The third kappa shape index (κ3) is 3.96. The average molecular weight is 378 g/mol. The zero-order valence-corrected chi connectivity index (χ0v) is 15.4. The molecule has 2 unspecified atom stereocenters. The highest BCUT2D eigenvalue weighted by Gasteiger charge is 2.72. The summed E-state index contributed by atoms with van der Waals surface area (Å²) in [6.07, 6.45) is -2.09. The number of esters is 3. The Hall–Kier alpha value is -2.45. The average Bonchev–Trinajstić information content (AvgIpc) is 3.27. The maximum absolute atomic E-state index is 12.1. The monoisotopic (exact) mass is 378 g/mol. The molecule has 2 fully saturated rings. The number of ether oxygens (including phenoxy) is 5. The normalized spacial score (nSPS) is 31.4. The fraction of sp³-hybridized carbons (Fsp3) is 0.526. The Balaban J connectivity index is 1.69. The van der Waals surface area contributed by atoms with Gasteiger partial charge in [0.05, 0.1) is 12.2 Å². The van der Waals surface area contributed by atoms with E-state index in [1.807, 2.05) is 6.07 Å². The second kappa shape index (κ2) is 7.66. The van der Waals surface area contributed by atoms with Gasteiger partial charge in [0.25, 0.3) is 0 Å². The summed E-state index contributed by atoms with van der Waals surface area (Å²) < 4.78 is 27.2. The van der Waals surface area contributed by atoms with Crippen LogP contribution < -0.4 is 0 Å². The maximum atomic E-state index is 12.1. The lowest BCUT2D eigenvalue weighted by Crippen LogP contribution is -2.42. The number of carbonyl (C=O) groups excluding carboxylic acids is 3. The Morgan fingerprint density at radius 3 is 2.37 bits per heavy atom. The van der Waals surface area contributed by atoms with Gasteiger partial charge >= 0.3 is 17.9 Å². The van der Waals surface area contributed by atoms with Gasteiger partial charge in [0, 0.05) is 26.9 Å². The Kier molecular flexibility index (Phi) is 5.48. The van der Waals surface area contributed by atoms with E-state index < -0.39 is 42.0 Å². The van der Waals surface area contributed by atoms with E-state index in [1.54, 1.807) is 24.3 Å². The van der Waals surface area contributed by atoms with Gasteiger partial charge in [-0.15, -0.1) is 0 Å². The van der Waals surface area contributed by atoms with E-state index in [2.05, 4.69) is 0 Å². The van der Waals surface area contributed by atoms with Crippen molar-refractivity contribution in [1.29, 1.82) is 0 Å². The molecule has 0 radical (unpaired) electrons. The van der Waals surface area contributed by atoms with Crippen molar-refractivity contribution >= 4 is 17.9 Å². The van der Waals surface area contributed by atoms with Crippen LogP contribution in [0.25, 0.3) is 0 Å². The largest absolute Gasteiger partial charge is 0.462 e. The van der Waals surface area contributed by atoms with Crippen LogP contribution in [-0.4, -0.2) is 55.7 Å². The number of hydrogen-bond acceptors (Lipinski definition) is 8. The van der Waals surface area contributed by atoms with E-state index in [0.29, 0.717) is 12.0 Å². The number of rotatable bonds is 6. The third-order valence-electron chi connectivity index (χ3n) is 4.73. The first kappa shape index (κ1) is 19.3. The van der Waals surface area contributed by atoms with Crippen LogP contribution in [-0.2, 0) is 33.3 Å². The molecule has 27 heavy (non-hydrogen) atoms. The lowest BCUT2D eigenvalue weighted by molar-refractivity contribution is -0.182. The van der Waals surface area contributed by atoms with Crippen molar-refractivity contribution in [2.45, 2.75) is 44.4 Å². The summed E-state index contributed by atoms with van der Waals surface area (Å²) >= 11 is 0. The molecule has 1 saturated carbocycles. The van der Waals surface area contributed by atoms with Crippen LogP contribution in [0.2, 0.25) is 0 Å². The van der Waals surface area contributed by atoms with Crippen LogP contribution in [0.4, 0.5) is 0 Å². The Morgan fingerprint density at radius 1 is 1.11 bits per heavy atom. The molecule has 1 saturated heterocycles. The van der Waals surface area contributed by atoms with E-state index in [9.17, 15) is 14.4 Å². The van der Waals surface area contributed by atoms with Crippen molar-refractivity contribution in [2.24, 2.45) is 5.92 Å². The molecular formula is C19H22O8. The topological polar surface area (TPSA) is 97.4 Å². The van der Waals surface area contributed by atoms with Crippen LogP contribution in [0, 0.1) is 5.92 Å². The van der Waals surface area contributed by atoms with Gasteiger partial charge in [-0.25, -0.2) is 4.79 Å². The van der Waals surface area contributed by atoms with Gasteiger partial charge in [-0.2, -0.15) is 0 Å². The summed E-state index contributed by atoms with van der Waals surface area (Å²) in [4.78, 5) is 35.1. The van der Waals surface area contributed by atoms with Gasteiger partial charge in [0.2, 0.25) is 0 Å². The molecule has 146 valence electrons. The smallest absolute Gasteiger partial charge is 0.338 e. The number of methoxy groups -OCH3 is 1. The molecule has 0 aromatic heterocycles. The Bertz CT molecular complexity index is 718. The number of benzene rings is 1. The van der Waals surface area contributed by atoms with Crippen LogP contribution in [0.3, 0.4) is 0 Å². The molecule has 3 rings (SSSR count). The van der Waals surface area contributed by atoms with Gasteiger partial charge in [-0.3, -0.25) is 9.59 Å². The second-order valence-corrected chi connectivity index (χ2v) is 6.65. The SMILES string of the molecule is CO[C@@H]1O[C@@]2(C[C@H]2COC(=O)c2ccccc2)C(OC(C)=O)C1OC(C)=O. The molecule has 1 heterocycles. The van der Waals surface area contributed by atoms with E-state index in [1.165, 1.54) is 21.0 Å². The zero-order chi connectivity index (χ0) is 19.6. The predicted molar refractivity (Wildman–Crippen MR) is 90.6 cm³/mol. The Labute approximate surface area is 156 Å². The van der Waals surface area contributed by atoms with Gasteiger partial charge in [-0.05, 0) is 18.6 Å². The van der Waals surface area contributed by atoms with Crippen molar-refractivity contribution in [3.05, 3.63) is 35.9 Å². The molecule has 1 aromatic carbocycles. The molecule has 5 atom stereocenters. The molecule has 1 aliphatic carbocycles.